The van der Waals surface area contributed by atoms with Crippen molar-refractivity contribution in [3.63, 3.8) is 0 Å². The highest BCUT2D eigenvalue weighted by atomic mass is 16.3. The van der Waals surface area contributed by atoms with Crippen LogP contribution in [0.2, 0.25) is 0 Å². The van der Waals surface area contributed by atoms with E-state index < -0.39 is 6.15 Å². The van der Waals surface area contributed by atoms with Crippen molar-refractivity contribution in [3.05, 3.63) is 157 Å². The highest BCUT2D eigenvalue weighted by molar-refractivity contribution is 7.19. The maximum absolute atomic E-state index is 10.5. The van der Waals surface area contributed by atoms with Gasteiger partial charge in [0.05, 0.1) is 5.69 Å². The lowest BCUT2D eigenvalue weighted by Crippen LogP contribution is -2.74. The number of nitrogens with zero attached hydrogens (tertiary/aromatic N) is 1. The van der Waals surface area contributed by atoms with Crippen LogP contribution in [0, 0.1) is 0 Å². The van der Waals surface area contributed by atoms with E-state index in [0.29, 0.717) is 0 Å². The third-order valence-electron chi connectivity index (χ3n) is 7.58. The summed E-state index contributed by atoms with van der Waals surface area (Å²) in [5.74, 6) is 0.226. The fourth-order valence-electron chi connectivity index (χ4n) is 5.79. The smallest absolute Gasteiger partial charge is 0.124 e. The monoisotopic (exact) mass is 488 g/mol. The average Bonchev–Trinajstić information content (AvgIpc) is 2.99. The van der Waals surface area contributed by atoms with Crippen molar-refractivity contribution in [1.29, 1.82) is 0 Å². The molecule has 182 valence electrons. The van der Waals surface area contributed by atoms with Crippen molar-refractivity contribution in [2.75, 3.05) is 0 Å². The standard InChI is InChI=1S/C35H27BNO/c38-35-25-20-27-12-10-11-19-33(27)34(35)26-37-32-23-21-31(22-24-32)36(28-13-4-1-5-14-28,29-15-6-2-7-16-29)30-17-8-3-9-18-30/h1-26,38H/q-1. The van der Waals surface area contributed by atoms with Crippen LogP contribution in [0.15, 0.2) is 157 Å². The normalized spacial score (nSPS) is 11.7. The number of phenolic OH excluding ortho intramolecular Hbond substituents is 1. The number of hydrogen-bond acceptors (Lipinski definition) is 2. The predicted molar refractivity (Wildman–Crippen MR) is 163 cm³/mol. The molecule has 0 atom stereocenters. The van der Waals surface area contributed by atoms with Crippen molar-refractivity contribution < 1.29 is 5.11 Å². The molecule has 0 saturated carbocycles. The van der Waals surface area contributed by atoms with Gasteiger partial charge in [0, 0.05) is 11.8 Å². The zero-order chi connectivity index (χ0) is 25.8. The van der Waals surface area contributed by atoms with Gasteiger partial charge in [-0.1, -0.05) is 133 Å². The summed E-state index contributed by atoms with van der Waals surface area (Å²) in [6.45, 7) is 0. The summed E-state index contributed by atoms with van der Waals surface area (Å²) in [6.07, 6.45) is 0.347. The maximum Gasteiger partial charge on any atom is 0.124 e. The molecular formula is C35H27BNO-. The van der Waals surface area contributed by atoms with Crippen LogP contribution < -0.4 is 21.9 Å². The summed E-state index contributed by atoms with van der Waals surface area (Å²) in [4.78, 5) is 4.75. The van der Waals surface area contributed by atoms with Crippen LogP contribution in [0.4, 0.5) is 5.69 Å². The number of phenols is 1. The largest absolute Gasteiger partial charge is 0.507 e. The van der Waals surface area contributed by atoms with Gasteiger partial charge < -0.3 is 5.11 Å². The van der Waals surface area contributed by atoms with E-state index in [1.165, 1.54) is 21.9 Å². The molecule has 38 heavy (non-hydrogen) atoms. The molecule has 0 aromatic heterocycles. The van der Waals surface area contributed by atoms with Gasteiger partial charge in [-0.25, -0.2) is 0 Å². The fraction of sp³-hybridized carbons (Fsp3) is 0. The van der Waals surface area contributed by atoms with Gasteiger partial charge in [-0.3, -0.25) is 4.99 Å². The molecule has 0 radical (unpaired) electrons. The minimum atomic E-state index is -1.41. The average molecular weight is 488 g/mol. The third-order valence-corrected chi connectivity index (χ3v) is 7.58. The highest BCUT2D eigenvalue weighted by Crippen LogP contribution is 2.26. The van der Waals surface area contributed by atoms with E-state index in [1.54, 1.807) is 12.3 Å². The van der Waals surface area contributed by atoms with Crippen molar-refractivity contribution >= 4 is 50.7 Å². The lowest BCUT2D eigenvalue weighted by molar-refractivity contribution is 0.475. The molecule has 0 aliphatic carbocycles. The number of benzene rings is 6. The molecule has 0 spiro atoms. The van der Waals surface area contributed by atoms with Crippen molar-refractivity contribution in [2.45, 2.75) is 0 Å². The first-order chi connectivity index (χ1) is 18.8. The van der Waals surface area contributed by atoms with E-state index in [1.807, 2.05) is 30.3 Å². The Bertz CT molecular complexity index is 1600. The molecule has 0 bridgehead atoms. The van der Waals surface area contributed by atoms with E-state index in [4.69, 9.17) is 4.99 Å². The zero-order valence-electron chi connectivity index (χ0n) is 21.0. The minimum absolute atomic E-state index is 0.226. The van der Waals surface area contributed by atoms with Crippen molar-refractivity contribution in [2.24, 2.45) is 4.99 Å². The molecular weight excluding hydrogens is 461 g/mol. The van der Waals surface area contributed by atoms with Crippen molar-refractivity contribution in [1.82, 2.24) is 0 Å². The predicted octanol–water partition coefficient (Wildman–Crippen LogP) is 5.67. The van der Waals surface area contributed by atoms with E-state index >= 15 is 0 Å². The Kier molecular flexibility index (Phi) is 6.33. The second kappa shape index (κ2) is 10.2. The molecule has 6 rings (SSSR count). The van der Waals surface area contributed by atoms with Gasteiger partial charge in [-0.15, -0.1) is 0 Å². The minimum Gasteiger partial charge on any atom is -0.507 e. The number of aliphatic imine (C=N–C) groups is 1. The Morgan fingerprint density at radius 3 is 1.50 bits per heavy atom. The summed E-state index contributed by atoms with van der Waals surface area (Å²) in [5, 5.41) is 12.6. The third kappa shape index (κ3) is 4.18. The Morgan fingerprint density at radius 2 is 0.947 bits per heavy atom. The lowest BCUT2D eigenvalue weighted by atomic mass is 9.13. The molecule has 0 saturated heterocycles. The van der Waals surface area contributed by atoms with E-state index in [9.17, 15) is 5.11 Å². The van der Waals surface area contributed by atoms with Gasteiger partial charge in [-0.05, 0) is 29.0 Å². The van der Waals surface area contributed by atoms with Crippen LogP contribution >= 0.6 is 0 Å². The van der Waals surface area contributed by atoms with Gasteiger partial charge >= 0.3 is 0 Å². The van der Waals surface area contributed by atoms with Crippen LogP contribution in [-0.2, 0) is 0 Å². The molecule has 0 heterocycles. The van der Waals surface area contributed by atoms with E-state index in [-0.39, 0.29) is 5.75 Å². The van der Waals surface area contributed by atoms with Gasteiger partial charge in [0.25, 0.3) is 0 Å². The lowest BCUT2D eigenvalue weighted by Gasteiger charge is -2.44. The van der Waals surface area contributed by atoms with Crippen LogP contribution in [0.5, 0.6) is 5.75 Å². The Labute approximate surface area is 223 Å². The Balaban J connectivity index is 1.48. The summed E-state index contributed by atoms with van der Waals surface area (Å²) in [5.41, 5.74) is 6.58. The molecule has 0 aliphatic heterocycles. The maximum atomic E-state index is 10.5. The van der Waals surface area contributed by atoms with Crippen molar-refractivity contribution in [3.8, 4) is 5.75 Å². The number of fused-ring (bicyclic) bond motifs is 1. The SMILES string of the molecule is Oc1ccc2ccccc2c1C=Nc1ccc([B-](c2ccccc2)(c2ccccc2)c2ccccc2)cc1. The first-order valence-corrected chi connectivity index (χ1v) is 12.9. The highest BCUT2D eigenvalue weighted by Gasteiger charge is 2.31. The van der Waals surface area contributed by atoms with Crippen LogP contribution in [0.25, 0.3) is 10.8 Å². The second-order valence-corrected chi connectivity index (χ2v) is 9.67. The number of rotatable bonds is 6. The van der Waals surface area contributed by atoms with Crippen LogP contribution in [0.1, 0.15) is 5.56 Å². The van der Waals surface area contributed by atoms with E-state index in [2.05, 4.69) is 115 Å². The number of aromatic hydroxyl groups is 1. The number of hydrogen-bond donors (Lipinski definition) is 1. The molecule has 0 aliphatic rings. The zero-order valence-corrected chi connectivity index (χ0v) is 21.0. The van der Waals surface area contributed by atoms with E-state index in [0.717, 1.165) is 22.0 Å². The summed E-state index contributed by atoms with van der Waals surface area (Å²) in [7, 11) is 0. The van der Waals surface area contributed by atoms with Gasteiger partial charge in [0.1, 0.15) is 11.9 Å². The van der Waals surface area contributed by atoms with Crippen LogP contribution in [-0.4, -0.2) is 17.5 Å². The molecule has 1 N–H and O–H groups in total. The fourth-order valence-corrected chi connectivity index (χ4v) is 5.79. The molecule has 6 aromatic rings. The first-order valence-electron chi connectivity index (χ1n) is 12.9. The second-order valence-electron chi connectivity index (χ2n) is 9.67. The molecule has 3 heteroatoms. The molecule has 0 amide bonds. The Hall–Kier alpha value is -4.89. The topological polar surface area (TPSA) is 32.6 Å². The molecule has 0 unspecified atom stereocenters. The first kappa shape index (κ1) is 23.5. The molecule has 6 aromatic carbocycles. The van der Waals surface area contributed by atoms with Crippen LogP contribution in [0.3, 0.4) is 0 Å². The quantitative estimate of drug-likeness (QED) is 0.238. The summed E-state index contributed by atoms with van der Waals surface area (Å²) < 4.78 is 0. The van der Waals surface area contributed by atoms with Gasteiger partial charge in [0.15, 0.2) is 0 Å². The molecule has 2 nitrogen and oxygen atoms in total. The summed E-state index contributed by atoms with van der Waals surface area (Å²) >= 11 is 0. The molecule has 0 fully saturated rings. The van der Waals surface area contributed by atoms with Gasteiger partial charge in [0.2, 0.25) is 0 Å². The van der Waals surface area contributed by atoms with Gasteiger partial charge in [-0.2, -0.15) is 21.9 Å². The summed E-state index contributed by atoms with van der Waals surface area (Å²) in [6, 6.07) is 52.5. The Morgan fingerprint density at radius 1 is 0.474 bits per heavy atom.